The second kappa shape index (κ2) is 6.12. The second-order valence-corrected chi connectivity index (χ2v) is 3.56. The third-order valence-corrected chi connectivity index (χ3v) is 2.10. The number of amides is 2. The lowest BCUT2D eigenvalue weighted by molar-refractivity contribution is -0.119. The van der Waals surface area contributed by atoms with Crippen molar-refractivity contribution in [3.63, 3.8) is 0 Å². The molecule has 0 heterocycles. The summed E-state index contributed by atoms with van der Waals surface area (Å²) < 4.78 is 0. The smallest absolute Gasteiger partial charge is 0.235 e. The average molecular weight is 241 g/mol. The molecule has 0 unspecified atom stereocenters. The number of carbonyl (C=O) groups is 2. The van der Waals surface area contributed by atoms with Crippen LogP contribution in [0.1, 0.15) is 12.5 Å². The van der Waals surface area contributed by atoms with Gasteiger partial charge in [-0.05, 0) is 17.7 Å². The molecule has 0 fully saturated rings. The number of anilines is 1. The van der Waals surface area contributed by atoms with Gasteiger partial charge in [0.25, 0.3) is 0 Å². The van der Waals surface area contributed by atoms with E-state index >= 15 is 0 Å². The summed E-state index contributed by atoms with van der Waals surface area (Å²) >= 11 is 5.35. The van der Waals surface area contributed by atoms with Crippen LogP contribution in [0.5, 0.6) is 0 Å². The van der Waals surface area contributed by atoms with Crippen molar-refractivity contribution >= 4 is 29.1 Å². The van der Waals surface area contributed by atoms with Gasteiger partial charge in [0, 0.05) is 19.2 Å². The normalized spacial score (nSPS) is 9.62. The van der Waals surface area contributed by atoms with Gasteiger partial charge in [-0.2, -0.15) is 0 Å². The predicted molar refractivity (Wildman–Crippen MR) is 63.3 cm³/mol. The highest BCUT2D eigenvalue weighted by molar-refractivity contribution is 6.27. The first-order valence-corrected chi connectivity index (χ1v) is 5.34. The van der Waals surface area contributed by atoms with E-state index in [0.29, 0.717) is 12.2 Å². The molecule has 4 nitrogen and oxygen atoms in total. The van der Waals surface area contributed by atoms with Crippen LogP contribution in [0.4, 0.5) is 5.69 Å². The molecule has 16 heavy (non-hydrogen) atoms. The summed E-state index contributed by atoms with van der Waals surface area (Å²) in [7, 11) is 0. The van der Waals surface area contributed by atoms with E-state index in [1.54, 1.807) is 12.1 Å². The fourth-order valence-electron chi connectivity index (χ4n) is 1.21. The van der Waals surface area contributed by atoms with E-state index in [2.05, 4.69) is 10.6 Å². The number of benzene rings is 1. The lowest BCUT2D eigenvalue weighted by Gasteiger charge is -2.06. The molecule has 1 aromatic rings. The summed E-state index contributed by atoms with van der Waals surface area (Å²) in [6.07, 6.45) is 0. The Morgan fingerprint density at radius 2 is 2.12 bits per heavy atom. The minimum Gasteiger partial charge on any atom is -0.351 e. The number of halogens is 1. The lowest BCUT2D eigenvalue weighted by Crippen LogP contribution is -2.23. The van der Waals surface area contributed by atoms with Gasteiger partial charge >= 0.3 is 0 Å². The molecule has 0 saturated heterocycles. The topological polar surface area (TPSA) is 58.2 Å². The molecule has 0 aliphatic rings. The molecule has 2 amide bonds. The first kappa shape index (κ1) is 12.5. The third kappa shape index (κ3) is 4.31. The highest BCUT2D eigenvalue weighted by Gasteiger charge is 2.00. The van der Waals surface area contributed by atoms with Gasteiger partial charge in [-0.25, -0.2) is 0 Å². The minimum absolute atomic E-state index is 0.0502. The van der Waals surface area contributed by atoms with Crippen molar-refractivity contribution < 1.29 is 9.59 Å². The van der Waals surface area contributed by atoms with E-state index in [4.69, 9.17) is 11.6 Å². The molecule has 1 aromatic carbocycles. The minimum atomic E-state index is -0.216. The Kier molecular flexibility index (Phi) is 4.79. The molecule has 0 saturated carbocycles. The van der Waals surface area contributed by atoms with Crippen LogP contribution >= 0.6 is 11.6 Å². The summed E-state index contributed by atoms with van der Waals surface area (Å²) in [6.45, 7) is 1.85. The zero-order chi connectivity index (χ0) is 12.0. The number of rotatable bonds is 4. The van der Waals surface area contributed by atoms with E-state index < -0.39 is 0 Å². The number of hydrogen-bond acceptors (Lipinski definition) is 2. The maximum absolute atomic E-state index is 10.9. The molecule has 0 bridgehead atoms. The summed E-state index contributed by atoms with van der Waals surface area (Å²) in [6, 6.07) is 7.26. The van der Waals surface area contributed by atoms with Crippen LogP contribution < -0.4 is 10.6 Å². The Morgan fingerprint density at radius 1 is 1.38 bits per heavy atom. The van der Waals surface area contributed by atoms with Crippen molar-refractivity contribution in [2.45, 2.75) is 13.5 Å². The number of alkyl halides is 1. The van der Waals surface area contributed by atoms with Crippen LogP contribution in [0, 0.1) is 0 Å². The largest absolute Gasteiger partial charge is 0.351 e. The zero-order valence-electron chi connectivity index (χ0n) is 8.92. The zero-order valence-corrected chi connectivity index (χ0v) is 9.67. The Balaban J connectivity index is 2.60. The van der Waals surface area contributed by atoms with Gasteiger partial charge in [-0.15, -0.1) is 11.6 Å². The van der Waals surface area contributed by atoms with Gasteiger partial charge in [0.05, 0.1) is 0 Å². The molecule has 0 radical (unpaired) electrons. The maximum atomic E-state index is 10.9. The van der Waals surface area contributed by atoms with Crippen molar-refractivity contribution in [2.75, 3.05) is 11.2 Å². The van der Waals surface area contributed by atoms with Gasteiger partial charge in [-0.1, -0.05) is 12.1 Å². The van der Waals surface area contributed by atoms with E-state index in [0.717, 1.165) is 5.56 Å². The second-order valence-electron chi connectivity index (χ2n) is 3.29. The first-order chi connectivity index (χ1) is 7.61. The van der Waals surface area contributed by atoms with Gasteiger partial charge < -0.3 is 10.6 Å². The van der Waals surface area contributed by atoms with Gasteiger partial charge in [0.2, 0.25) is 11.8 Å². The SMILES string of the molecule is CC(=O)Nc1cccc(CNC(=O)CCl)c1. The van der Waals surface area contributed by atoms with Crippen LogP contribution in [0.3, 0.4) is 0 Å². The Hall–Kier alpha value is -1.55. The monoisotopic (exact) mass is 240 g/mol. The highest BCUT2D eigenvalue weighted by atomic mass is 35.5. The summed E-state index contributed by atoms with van der Waals surface area (Å²) in [4.78, 5) is 21.8. The fourth-order valence-corrected chi connectivity index (χ4v) is 1.30. The van der Waals surface area contributed by atoms with Gasteiger partial charge in [0.1, 0.15) is 5.88 Å². The van der Waals surface area contributed by atoms with E-state index in [1.807, 2.05) is 12.1 Å². The molecule has 5 heteroatoms. The molecule has 1 rings (SSSR count). The summed E-state index contributed by atoms with van der Waals surface area (Å²) in [5, 5.41) is 5.31. The van der Waals surface area contributed by atoms with Crippen LogP contribution in [0.2, 0.25) is 0 Å². The Morgan fingerprint density at radius 3 is 2.75 bits per heavy atom. The van der Waals surface area contributed by atoms with Crippen LogP contribution in [0.15, 0.2) is 24.3 Å². The molecule has 0 aromatic heterocycles. The van der Waals surface area contributed by atoms with Crippen LogP contribution in [0.25, 0.3) is 0 Å². The van der Waals surface area contributed by atoms with Crippen molar-refractivity contribution in [1.29, 1.82) is 0 Å². The standard InChI is InChI=1S/C11H13ClN2O2/c1-8(15)14-10-4-2-3-9(5-10)7-13-11(16)6-12/h2-5H,6-7H2,1H3,(H,13,16)(H,14,15). The number of hydrogen-bond donors (Lipinski definition) is 2. The molecular formula is C11H13ClN2O2. The van der Waals surface area contributed by atoms with Crippen molar-refractivity contribution in [2.24, 2.45) is 0 Å². The Bertz CT molecular complexity index is 393. The molecule has 2 N–H and O–H groups in total. The quantitative estimate of drug-likeness (QED) is 0.784. The van der Waals surface area contributed by atoms with Crippen LogP contribution in [-0.2, 0) is 16.1 Å². The lowest BCUT2D eigenvalue weighted by atomic mass is 10.2. The van der Waals surface area contributed by atoms with E-state index in [9.17, 15) is 9.59 Å². The molecule has 0 aliphatic carbocycles. The summed E-state index contributed by atoms with van der Waals surface area (Å²) in [5.74, 6) is -0.390. The van der Waals surface area contributed by atoms with Gasteiger partial charge in [-0.3, -0.25) is 9.59 Å². The van der Waals surface area contributed by atoms with E-state index in [-0.39, 0.29) is 17.7 Å². The fraction of sp³-hybridized carbons (Fsp3) is 0.273. The number of carbonyl (C=O) groups excluding carboxylic acids is 2. The van der Waals surface area contributed by atoms with Crippen LogP contribution in [-0.4, -0.2) is 17.7 Å². The van der Waals surface area contributed by atoms with E-state index in [1.165, 1.54) is 6.92 Å². The maximum Gasteiger partial charge on any atom is 0.235 e. The summed E-state index contributed by atoms with van der Waals surface area (Å²) in [5.41, 5.74) is 1.62. The molecule has 0 spiro atoms. The number of nitrogens with one attached hydrogen (secondary N) is 2. The average Bonchev–Trinajstić information content (AvgIpc) is 2.25. The predicted octanol–water partition coefficient (Wildman–Crippen LogP) is 1.50. The highest BCUT2D eigenvalue weighted by Crippen LogP contribution is 2.10. The van der Waals surface area contributed by atoms with Crippen molar-refractivity contribution in [3.8, 4) is 0 Å². The molecular weight excluding hydrogens is 228 g/mol. The molecule has 86 valence electrons. The molecule has 0 aliphatic heterocycles. The Labute approximate surface area is 99.0 Å². The third-order valence-electron chi connectivity index (χ3n) is 1.86. The van der Waals surface area contributed by atoms with Crippen molar-refractivity contribution in [1.82, 2.24) is 5.32 Å². The molecule has 0 atom stereocenters. The van der Waals surface area contributed by atoms with Crippen molar-refractivity contribution in [3.05, 3.63) is 29.8 Å². The van der Waals surface area contributed by atoms with Gasteiger partial charge in [0.15, 0.2) is 0 Å². The first-order valence-electron chi connectivity index (χ1n) is 4.81.